The van der Waals surface area contributed by atoms with E-state index in [1.54, 1.807) is 0 Å². The molecule has 2 aromatic heterocycles. The van der Waals surface area contributed by atoms with Crippen molar-refractivity contribution in [3.63, 3.8) is 0 Å². The second kappa shape index (κ2) is 24.5. The minimum absolute atomic E-state index is 0.0723. The van der Waals surface area contributed by atoms with E-state index in [1.807, 2.05) is 36.4 Å². The lowest BCUT2D eigenvalue weighted by Gasteiger charge is -2.42. The minimum atomic E-state index is -0.565. The number of hydrogen-bond donors (Lipinski definition) is 0. The molecule has 2 heterocycles. The van der Waals surface area contributed by atoms with Gasteiger partial charge in [0.1, 0.15) is 0 Å². The maximum Gasteiger partial charge on any atom is 0.164 e. The predicted octanol–water partition coefficient (Wildman–Crippen LogP) is 23.1. The molecule has 5 aliphatic carbocycles. The van der Waals surface area contributed by atoms with Gasteiger partial charge in [0.2, 0.25) is 0 Å². The van der Waals surface area contributed by atoms with Crippen LogP contribution >= 0.6 is 0 Å². The van der Waals surface area contributed by atoms with Crippen molar-refractivity contribution in [1.82, 2.24) is 29.9 Å². The summed E-state index contributed by atoms with van der Waals surface area (Å²) in [6.07, 6.45) is 0. The fraction of sp³-hybridized carbons (Fsp3) is 0.0400. The van der Waals surface area contributed by atoms with Crippen LogP contribution in [0.5, 0.6) is 0 Å². The highest BCUT2D eigenvalue weighted by Crippen LogP contribution is 2.61. The van der Waals surface area contributed by atoms with Crippen LogP contribution in [-0.2, 0) is 10.8 Å². The van der Waals surface area contributed by atoms with E-state index in [2.05, 4.69) is 340 Å². The van der Waals surface area contributed by atoms with Crippen LogP contribution in [0, 0.1) is 0 Å². The summed E-state index contributed by atoms with van der Waals surface area (Å²) >= 11 is 0. The fourth-order valence-electron chi connectivity index (χ4n) is 18.2. The van der Waals surface area contributed by atoms with Gasteiger partial charge in [0.05, 0.1) is 10.8 Å². The number of hydrogen-bond acceptors (Lipinski definition) is 6. The third-order valence-corrected chi connectivity index (χ3v) is 22.8. The van der Waals surface area contributed by atoms with Crippen molar-refractivity contribution in [2.45, 2.75) is 22.7 Å². The molecule has 494 valence electrons. The quantitative estimate of drug-likeness (QED) is 0.121. The van der Waals surface area contributed by atoms with E-state index in [4.69, 9.17) is 29.9 Å². The molecule has 0 saturated heterocycles. The highest BCUT2D eigenvalue weighted by Gasteiger charge is 2.49. The summed E-state index contributed by atoms with van der Waals surface area (Å²) in [6.45, 7) is 0. The van der Waals surface area contributed by atoms with Crippen LogP contribution in [0.4, 0.5) is 0 Å². The largest absolute Gasteiger partial charge is 0.208 e. The van der Waals surface area contributed by atoms with Crippen LogP contribution in [0.2, 0.25) is 0 Å². The first-order valence-electron chi connectivity index (χ1n) is 36.5. The molecule has 0 radical (unpaired) electrons. The molecule has 17 aromatic rings. The molecule has 2 bridgehead atoms. The van der Waals surface area contributed by atoms with Gasteiger partial charge in [0, 0.05) is 45.2 Å². The normalized spacial score (nSPS) is 14.8. The molecule has 2 unspecified atom stereocenters. The summed E-state index contributed by atoms with van der Waals surface area (Å²) in [7, 11) is 0. The molecule has 0 N–H and O–H groups in total. The van der Waals surface area contributed by atoms with Crippen molar-refractivity contribution in [1.29, 1.82) is 0 Å². The number of rotatable bonds is 12. The van der Waals surface area contributed by atoms with Gasteiger partial charge in [-0.2, -0.15) is 0 Å². The van der Waals surface area contributed by atoms with Crippen molar-refractivity contribution in [2.75, 3.05) is 0 Å². The van der Waals surface area contributed by atoms with Gasteiger partial charge in [-0.15, -0.1) is 0 Å². The monoisotopic (exact) mass is 1350 g/mol. The molecule has 0 aliphatic heterocycles. The van der Waals surface area contributed by atoms with Crippen LogP contribution in [-0.4, -0.2) is 29.9 Å². The molecule has 6 heteroatoms. The molecular formula is C100H64N6. The van der Waals surface area contributed by atoms with Crippen LogP contribution < -0.4 is 0 Å². The summed E-state index contributed by atoms with van der Waals surface area (Å²) in [5.74, 6) is 3.88. The van der Waals surface area contributed by atoms with Crippen LogP contribution in [0.3, 0.4) is 0 Å². The zero-order valence-electron chi connectivity index (χ0n) is 57.6. The Morgan fingerprint density at radius 2 is 0.425 bits per heavy atom. The molecular weight excluding hydrogens is 1290 g/mol. The van der Waals surface area contributed by atoms with Crippen molar-refractivity contribution >= 4 is 0 Å². The predicted molar refractivity (Wildman–Crippen MR) is 426 cm³/mol. The van der Waals surface area contributed by atoms with Gasteiger partial charge >= 0.3 is 0 Å². The highest BCUT2D eigenvalue weighted by molar-refractivity contribution is 5.97. The van der Waals surface area contributed by atoms with Gasteiger partial charge in [-0.1, -0.05) is 364 Å². The van der Waals surface area contributed by atoms with E-state index in [9.17, 15) is 0 Å². The molecule has 22 rings (SSSR count). The van der Waals surface area contributed by atoms with E-state index >= 15 is 0 Å². The van der Waals surface area contributed by atoms with Crippen LogP contribution in [0.25, 0.3) is 113 Å². The summed E-state index contributed by atoms with van der Waals surface area (Å²) in [5, 5.41) is 0. The van der Waals surface area contributed by atoms with Gasteiger partial charge in [-0.05, 0) is 135 Å². The zero-order chi connectivity index (χ0) is 69.9. The SMILES string of the molecule is c1ccc(-c2nc(-c3ccc(-c4ccc5c(c4)C4c6ccccc6C5c5cc(-c6ccc(-c7nc(-c8ccccc8)nc(-c8cccc9c8-c8ccccc8C9(c8ccccc8)c8ccccc8)n7)cc6)ccc54)cc3)nc(-c3cccc4c3-c3ccccc3C4(c3ccccc3)c3ccccc3)n2)cc1. The second-order valence-electron chi connectivity index (χ2n) is 28.2. The maximum atomic E-state index is 5.44. The lowest BCUT2D eigenvalue weighted by molar-refractivity contribution is 0.755. The molecule has 0 spiro atoms. The Morgan fingerprint density at radius 1 is 0.170 bits per heavy atom. The Hall–Kier alpha value is -13.7. The van der Waals surface area contributed by atoms with Gasteiger partial charge in [0.15, 0.2) is 34.9 Å². The Labute approximate surface area is 615 Å². The first-order valence-corrected chi connectivity index (χ1v) is 36.5. The molecule has 5 aliphatic rings. The topological polar surface area (TPSA) is 77.3 Å². The zero-order valence-corrected chi connectivity index (χ0v) is 57.6. The second-order valence-corrected chi connectivity index (χ2v) is 28.2. The van der Waals surface area contributed by atoms with E-state index in [1.165, 1.54) is 100 Å². The van der Waals surface area contributed by atoms with Crippen molar-refractivity contribution in [2.24, 2.45) is 0 Å². The maximum absolute atomic E-state index is 5.44. The molecule has 6 nitrogen and oxygen atoms in total. The molecule has 2 atom stereocenters. The molecule has 0 saturated carbocycles. The molecule has 106 heavy (non-hydrogen) atoms. The first-order chi connectivity index (χ1) is 52.6. The standard InChI is InChI=1S/C100H64N6/c1-7-27-65(28-8-1)93-101-95(105-97(103-93)81-43-25-47-87-91(81)79-41-21-23-45-85(79)99(87,71-31-11-3-12-32-71)72-33-13-4-14-34-72)67-53-49-63(50-54-67)69-57-59-77-83(61-69)89-75-39-19-20-40-76(75)90(77)84-62-70(58-60-78(84)89)64-51-55-68(56-52-64)96-102-94(66-29-9-2-10-30-66)104-98(106-96)82-44-26-48-88-92(82)80-42-22-24-46-86(80)100(88,73-35-15-5-16-36-73)74-37-17-6-18-38-74/h1-62,89-90H. The average molecular weight is 1350 g/mol. The molecule has 0 amide bonds. The van der Waals surface area contributed by atoms with E-state index in [-0.39, 0.29) is 11.8 Å². The van der Waals surface area contributed by atoms with Gasteiger partial charge in [-0.25, -0.2) is 29.9 Å². The minimum Gasteiger partial charge on any atom is -0.208 e. The third kappa shape index (κ3) is 9.37. The lowest BCUT2D eigenvalue weighted by Crippen LogP contribution is -2.28. The number of benzene rings is 15. The molecule has 0 fully saturated rings. The Balaban J connectivity index is 0.614. The van der Waals surface area contributed by atoms with Gasteiger partial charge < -0.3 is 0 Å². The van der Waals surface area contributed by atoms with E-state index < -0.39 is 10.8 Å². The van der Waals surface area contributed by atoms with Crippen molar-refractivity contribution < 1.29 is 0 Å². The highest BCUT2D eigenvalue weighted by atomic mass is 15.0. The van der Waals surface area contributed by atoms with Crippen LogP contribution in [0.15, 0.2) is 376 Å². The van der Waals surface area contributed by atoms with Crippen molar-refractivity contribution in [3.8, 4) is 113 Å². The smallest absolute Gasteiger partial charge is 0.164 e. The number of nitrogens with zero attached hydrogens (tertiary/aromatic N) is 6. The van der Waals surface area contributed by atoms with Gasteiger partial charge in [-0.3, -0.25) is 0 Å². The summed E-state index contributed by atoms with van der Waals surface area (Å²) < 4.78 is 0. The Bertz CT molecular complexity index is 5840. The fourth-order valence-corrected chi connectivity index (χ4v) is 18.2. The van der Waals surface area contributed by atoms with Crippen molar-refractivity contribution in [3.05, 3.63) is 454 Å². The summed E-state index contributed by atoms with van der Waals surface area (Å²) in [4.78, 5) is 32.1. The molecule has 15 aromatic carbocycles. The van der Waals surface area contributed by atoms with Crippen LogP contribution in [0.1, 0.15) is 89.7 Å². The third-order valence-electron chi connectivity index (χ3n) is 22.8. The Kier molecular flexibility index (Phi) is 14.1. The van der Waals surface area contributed by atoms with E-state index in [0.29, 0.717) is 34.9 Å². The average Bonchev–Trinajstić information content (AvgIpc) is 1.35. The number of aromatic nitrogens is 6. The lowest BCUT2D eigenvalue weighted by atomic mass is 9.60. The van der Waals surface area contributed by atoms with Gasteiger partial charge in [0.25, 0.3) is 0 Å². The summed E-state index contributed by atoms with van der Waals surface area (Å²) in [5.41, 5.74) is 31.6. The number of fused-ring (bicyclic) bond motifs is 6. The first kappa shape index (κ1) is 61.0. The van der Waals surface area contributed by atoms with E-state index in [0.717, 1.165) is 55.6 Å². The Morgan fingerprint density at radius 3 is 0.783 bits per heavy atom. The summed E-state index contributed by atoms with van der Waals surface area (Å²) in [6, 6.07) is 136.